The largest absolute Gasteiger partial charge is 0.365 e. The summed E-state index contributed by atoms with van der Waals surface area (Å²) in [6.07, 6.45) is 6.41. The molecule has 0 amide bonds. The molecule has 0 unspecified atom stereocenters. The summed E-state index contributed by atoms with van der Waals surface area (Å²) in [7, 11) is 0. The highest BCUT2D eigenvalue weighted by molar-refractivity contribution is 7.17. The zero-order valence-electron chi connectivity index (χ0n) is 13.2. The van der Waals surface area contributed by atoms with E-state index in [1.165, 1.54) is 31.2 Å². The molecule has 0 bridgehead atoms. The van der Waals surface area contributed by atoms with Gasteiger partial charge in [0, 0.05) is 13.0 Å². The topological polar surface area (TPSA) is 37.8 Å². The van der Waals surface area contributed by atoms with Gasteiger partial charge in [0.05, 0.1) is 10.2 Å². The van der Waals surface area contributed by atoms with Crippen molar-refractivity contribution < 1.29 is 0 Å². The van der Waals surface area contributed by atoms with E-state index in [4.69, 9.17) is 9.97 Å². The molecule has 2 heterocycles. The quantitative estimate of drug-likeness (QED) is 0.715. The molecular formula is C19H21N3S. The van der Waals surface area contributed by atoms with Crippen LogP contribution in [0.1, 0.15) is 37.1 Å². The Balaban J connectivity index is 1.57. The van der Waals surface area contributed by atoms with Gasteiger partial charge in [-0.2, -0.15) is 0 Å². The van der Waals surface area contributed by atoms with Gasteiger partial charge in [-0.25, -0.2) is 9.97 Å². The van der Waals surface area contributed by atoms with Gasteiger partial charge in [0.2, 0.25) is 0 Å². The number of thiophene rings is 1. The Morgan fingerprint density at radius 3 is 2.70 bits per heavy atom. The standard InChI is InChI=1S/C19H21N3S/c1-2-8-15(9-3-1)13-20-19-18-16(10-11-23-18)21-17(22-19)12-14-6-4-5-7-14/h1-3,8-11,14H,4-7,12-13H2,(H,20,21,22). The molecule has 3 nitrogen and oxygen atoms in total. The fraction of sp³-hybridized carbons (Fsp3) is 0.368. The summed E-state index contributed by atoms with van der Waals surface area (Å²) in [6.45, 7) is 0.799. The van der Waals surface area contributed by atoms with Crippen molar-refractivity contribution in [3.05, 3.63) is 53.2 Å². The van der Waals surface area contributed by atoms with Gasteiger partial charge in [-0.1, -0.05) is 56.0 Å². The van der Waals surface area contributed by atoms with Crippen LogP contribution < -0.4 is 5.32 Å². The molecule has 118 valence electrons. The predicted octanol–water partition coefficient (Wildman–Crippen LogP) is 5.04. The molecule has 0 atom stereocenters. The van der Waals surface area contributed by atoms with Gasteiger partial charge < -0.3 is 5.32 Å². The van der Waals surface area contributed by atoms with Crippen molar-refractivity contribution in [2.24, 2.45) is 5.92 Å². The van der Waals surface area contributed by atoms with Crippen LogP contribution >= 0.6 is 11.3 Å². The molecule has 1 N–H and O–H groups in total. The minimum absolute atomic E-state index is 0.771. The Morgan fingerprint density at radius 2 is 1.87 bits per heavy atom. The number of fused-ring (bicyclic) bond motifs is 1. The van der Waals surface area contributed by atoms with Crippen molar-refractivity contribution in [2.45, 2.75) is 38.6 Å². The van der Waals surface area contributed by atoms with Crippen LogP contribution in [0, 0.1) is 5.92 Å². The Morgan fingerprint density at radius 1 is 1.04 bits per heavy atom. The lowest BCUT2D eigenvalue weighted by Gasteiger charge is -2.11. The first-order valence-electron chi connectivity index (χ1n) is 8.40. The van der Waals surface area contributed by atoms with E-state index in [0.717, 1.165) is 40.7 Å². The minimum Gasteiger partial charge on any atom is -0.365 e. The average molecular weight is 323 g/mol. The number of rotatable bonds is 5. The Bertz CT molecular complexity index is 776. The van der Waals surface area contributed by atoms with Gasteiger partial charge in [0.15, 0.2) is 0 Å². The van der Waals surface area contributed by atoms with Gasteiger partial charge in [-0.15, -0.1) is 11.3 Å². The van der Waals surface area contributed by atoms with Crippen LogP contribution in [-0.4, -0.2) is 9.97 Å². The third kappa shape index (κ3) is 3.37. The summed E-state index contributed by atoms with van der Waals surface area (Å²) in [5.41, 5.74) is 2.35. The molecule has 23 heavy (non-hydrogen) atoms. The number of aromatic nitrogens is 2. The van der Waals surface area contributed by atoms with Crippen molar-refractivity contribution in [1.29, 1.82) is 0 Å². The number of benzene rings is 1. The number of nitrogens with one attached hydrogen (secondary N) is 1. The van der Waals surface area contributed by atoms with E-state index in [-0.39, 0.29) is 0 Å². The smallest absolute Gasteiger partial charge is 0.148 e. The fourth-order valence-corrected chi connectivity index (χ4v) is 4.17. The summed E-state index contributed by atoms with van der Waals surface area (Å²) in [5, 5.41) is 5.62. The van der Waals surface area contributed by atoms with Crippen LogP contribution in [0.25, 0.3) is 10.2 Å². The minimum atomic E-state index is 0.771. The third-order valence-corrected chi connectivity index (χ3v) is 5.51. The molecule has 1 aromatic carbocycles. The average Bonchev–Trinajstić information content (AvgIpc) is 3.25. The maximum Gasteiger partial charge on any atom is 0.148 e. The summed E-state index contributed by atoms with van der Waals surface area (Å²) in [4.78, 5) is 9.61. The van der Waals surface area contributed by atoms with E-state index in [0.29, 0.717) is 0 Å². The summed E-state index contributed by atoms with van der Waals surface area (Å²) in [5.74, 6) is 2.76. The maximum atomic E-state index is 4.84. The number of hydrogen-bond acceptors (Lipinski definition) is 4. The van der Waals surface area contributed by atoms with E-state index >= 15 is 0 Å². The Kier molecular flexibility index (Phi) is 4.24. The molecule has 0 aliphatic heterocycles. The highest BCUT2D eigenvalue weighted by Gasteiger charge is 2.18. The van der Waals surface area contributed by atoms with E-state index in [2.05, 4.69) is 41.0 Å². The van der Waals surface area contributed by atoms with Gasteiger partial charge in [-0.05, 0) is 22.9 Å². The number of anilines is 1. The van der Waals surface area contributed by atoms with Crippen molar-refractivity contribution >= 4 is 27.4 Å². The van der Waals surface area contributed by atoms with Gasteiger partial charge in [0.1, 0.15) is 11.6 Å². The van der Waals surface area contributed by atoms with Gasteiger partial charge in [0.25, 0.3) is 0 Å². The van der Waals surface area contributed by atoms with Gasteiger partial charge in [-0.3, -0.25) is 0 Å². The number of hydrogen-bond donors (Lipinski definition) is 1. The van der Waals surface area contributed by atoms with E-state index < -0.39 is 0 Å². The lowest BCUT2D eigenvalue weighted by molar-refractivity contribution is 0.532. The molecule has 0 saturated heterocycles. The molecule has 1 aliphatic carbocycles. The van der Waals surface area contributed by atoms with E-state index in [1.54, 1.807) is 11.3 Å². The molecule has 1 aliphatic rings. The van der Waals surface area contributed by atoms with Crippen molar-refractivity contribution in [2.75, 3.05) is 5.32 Å². The summed E-state index contributed by atoms with van der Waals surface area (Å²) < 4.78 is 1.16. The van der Waals surface area contributed by atoms with Crippen LogP contribution in [0.4, 0.5) is 5.82 Å². The zero-order chi connectivity index (χ0) is 15.5. The normalized spacial score (nSPS) is 15.3. The molecule has 2 aromatic heterocycles. The molecule has 3 aromatic rings. The van der Waals surface area contributed by atoms with Crippen molar-refractivity contribution in [3.63, 3.8) is 0 Å². The van der Waals surface area contributed by atoms with Gasteiger partial charge >= 0.3 is 0 Å². The first-order valence-corrected chi connectivity index (χ1v) is 9.28. The van der Waals surface area contributed by atoms with E-state index in [9.17, 15) is 0 Å². The monoisotopic (exact) mass is 323 g/mol. The lowest BCUT2D eigenvalue weighted by Crippen LogP contribution is -2.08. The lowest BCUT2D eigenvalue weighted by atomic mass is 10.0. The van der Waals surface area contributed by atoms with Crippen LogP contribution in [0.5, 0.6) is 0 Å². The van der Waals surface area contributed by atoms with Crippen LogP contribution in [-0.2, 0) is 13.0 Å². The van der Waals surface area contributed by atoms with Crippen LogP contribution in [0.3, 0.4) is 0 Å². The molecule has 4 rings (SSSR count). The van der Waals surface area contributed by atoms with E-state index in [1.807, 2.05) is 6.07 Å². The second-order valence-electron chi connectivity index (χ2n) is 6.32. The molecule has 1 fully saturated rings. The Hall–Kier alpha value is -1.94. The SMILES string of the molecule is c1ccc(CNc2nc(CC3CCCC3)nc3ccsc23)cc1. The zero-order valence-corrected chi connectivity index (χ0v) is 14.0. The highest BCUT2D eigenvalue weighted by Crippen LogP contribution is 2.30. The first kappa shape index (κ1) is 14.6. The fourth-order valence-electron chi connectivity index (χ4n) is 3.38. The highest BCUT2D eigenvalue weighted by atomic mass is 32.1. The second kappa shape index (κ2) is 6.67. The summed E-state index contributed by atoms with van der Waals surface area (Å²) in [6, 6.07) is 12.6. The number of nitrogens with zero attached hydrogens (tertiary/aromatic N) is 2. The van der Waals surface area contributed by atoms with Crippen molar-refractivity contribution in [1.82, 2.24) is 9.97 Å². The maximum absolute atomic E-state index is 4.84. The van der Waals surface area contributed by atoms with Crippen LogP contribution in [0.2, 0.25) is 0 Å². The van der Waals surface area contributed by atoms with Crippen LogP contribution in [0.15, 0.2) is 41.8 Å². The first-order chi connectivity index (χ1) is 11.4. The molecule has 4 heteroatoms. The third-order valence-electron chi connectivity index (χ3n) is 4.60. The molecular weight excluding hydrogens is 302 g/mol. The summed E-state index contributed by atoms with van der Waals surface area (Å²) >= 11 is 1.71. The second-order valence-corrected chi connectivity index (χ2v) is 7.23. The Labute approximate surface area is 140 Å². The molecule has 1 saturated carbocycles. The molecule has 0 spiro atoms. The predicted molar refractivity (Wildman–Crippen MR) is 96.8 cm³/mol. The van der Waals surface area contributed by atoms with Crippen molar-refractivity contribution in [3.8, 4) is 0 Å². The molecule has 0 radical (unpaired) electrons.